The van der Waals surface area contributed by atoms with E-state index >= 15 is 0 Å². The average Bonchev–Trinajstić information content (AvgIpc) is 2.70. The van der Waals surface area contributed by atoms with Crippen LogP contribution in [0.15, 0.2) is 18.2 Å². The topological polar surface area (TPSA) is 113 Å². The third-order valence-corrected chi connectivity index (χ3v) is 5.21. The van der Waals surface area contributed by atoms with Gasteiger partial charge in [0.2, 0.25) is 5.78 Å². The van der Waals surface area contributed by atoms with Crippen LogP contribution in [0.3, 0.4) is 0 Å². The number of rotatable bonds is 7. The Balaban J connectivity index is 2.17. The van der Waals surface area contributed by atoms with E-state index in [0.717, 1.165) is 18.9 Å². The zero-order chi connectivity index (χ0) is 21.3. The van der Waals surface area contributed by atoms with E-state index < -0.39 is 29.2 Å². The van der Waals surface area contributed by atoms with Crippen LogP contribution in [-0.2, 0) is 0 Å². The fourth-order valence-electron chi connectivity index (χ4n) is 3.69. The molecule has 0 heterocycles. The summed E-state index contributed by atoms with van der Waals surface area (Å²) in [6, 6.07) is 4.03. The monoisotopic (exact) mass is 400 g/mol. The number of carbonyl (C=O) groups excluding carboxylic acids is 2. The highest BCUT2D eigenvalue weighted by Gasteiger charge is 2.38. The largest absolute Gasteiger partial charge is 0.507 e. The maximum absolute atomic E-state index is 13.2. The van der Waals surface area contributed by atoms with Crippen molar-refractivity contribution in [3.05, 3.63) is 46.0 Å². The number of benzene rings is 2. The van der Waals surface area contributed by atoms with Crippen molar-refractivity contribution in [2.45, 2.75) is 38.7 Å². The van der Waals surface area contributed by atoms with E-state index in [2.05, 4.69) is 0 Å². The van der Waals surface area contributed by atoms with E-state index in [1.807, 2.05) is 6.92 Å². The molecule has 7 nitrogen and oxygen atoms in total. The van der Waals surface area contributed by atoms with Crippen LogP contribution >= 0.6 is 0 Å². The lowest BCUT2D eigenvalue weighted by atomic mass is 9.81. The molecule has 154 valence electrons. The molecule has 0 amide bonds. The molecule has 3 N–H and O–H groups in total. The van der Waals surface area contributed by atoms with Gasteiger partial charge in [0, 0.05) is 17.2 Å². The second-order valence-electron chi connectivity index (χ2n) is 7.00. The Morgan fingerprint density at radius 2 is 1.62 bits per heavy atom. The molecule has 7 heteroatoms. The van der Waals surface area contributed by atoms with Crippen molar-refractivity contribution in [2.24, 2.45) is 0 Å². The smallest absolute Gasteiger partial charge is 0.201 e. The lowest BCUT2D eigenvalue weighted by Gasteiger charge is -2.24. The summed E-state index contributed by atoms with van der Waals surface area (Å²) in [5.74, 6) is -1.70. The molecule has 1 aliphatic rings. The summed E-state index contributed by atoms with van der Waals surface area (Å²) in [7, 11) is 2.79. The molecule has 0 saturated carbocycles. The minimum Gasteiger partial charge on any atom is -0.507 e. The second kappa shape index (κ2) is 8.13. The van der Waals surface area contributed by atoms with Gasteiger partial charge in [0.1, 0.15) is 23.0 Å². The molecule has 0 bridgehead atoms. The zero-order valence-corrected chi connectivity index (χ0v) is 16.6. The Labute approximate surface area is 168 Å². The van der Waals surface area contributed by atoms with Gasteiger partial charge in [0.15, 0.2) is 5.78 Å². The van der Waals surface area contributed by atoms with Crippen molar-refractivity contribution >= 4 is 11.6 Å². The maximum Gasteiger partial charge on any atom is 0.201 e. The van der Waals surface area contributed by atoms with Gasteiger partial charge in [0.05, 0.1) is 37.0 Å². The Morgan fingerprint density at radius 3 is 2.24 bits per heavy atom. The van der Waals surface area contributed by atoms with E-state index in [1.54, 1.807) is 0 Å². The van der Waals surface area contributed by atoms with Crippen LogP contribution in [0.2, 0.25) is 0 Å². The number of aromatic hydroxyl groups is 2. The Morgan fingerprint density at radius 1 is 0.931 bits per heavy atom. The molecule has 1 atom stereocenters. The number of ketones is 2. The highest BCUT2D eigenvalue weighted by atomic mass is 16.5. The molecule has 0 aromatic heterocycles. The van der Waals surface area contributed by atoms with Gasteiger partial charge in [-0.1, -0.05) is 26.2 Å². The molecular weight excluding hydrogens is 376 g/mol. The minimum absolute atomic E-state index is 0.0122. The third kappa shape index (κ3) is 3.42. The lowest BCUT2D eigenvalue weighted by Crippen LogP contribution is -2.23. The van der Waals surface area contributed by atoms with Gasteiger partial charge < -0.3 is 24.8 Å². The van der Waals surface area contributed by atoms with E-state index in [4.69, 9.17) is 9.47 Å². The van der Waals surface area contributed by atoms with E-state index in [-0.39, 0.29) is 33.6 Å². The van der Waals surface area contributed by atoms with Crippen molar-refractivity contribution in [3.8, 4) is 23.0 Å². The molecule has 2 aromatic rings. The normalized spacial score (nSPS) is 13.7. The first kappa shape index (κ1) is 20.7. The van der Waals surface area contributed by atoms with Crippen molar-refractivity contribution in [2.75, 3.05) is 14.2 Å². The highest BCUT2D eigenvalue weighted by Crippen LogP contribution is 2.45. The standard InChI is InChI=1S/C22H24O7/c1-4-5-6-7-14(23)19-15(24)10-13-18(22(19)27)21(26)17-12(20(13)25)8-11(28-2)9-16(17)29-3/h8-10,14,23-24,27H,4-7H2,1-3H3/t14-/m0/s1. The lowest BCUT2D eigenvalue weighted by molar-refractivity contribution is 0.0971. The van der Waals surface area contributed by atoms with Gasteiger partial charge in [0.25, 0.3) is 0 Å². The summed E-state index contributed by atoms with van der Waals surface area (Å²) < 4.78 is 10.4. The number of unbranched alkanes of at least 4 members (excludes halogenated alkanes) is 2. The number of phenolic OH excluding ortho intramolecular Hbond substituents is 2. The van der Waals surface area contributed by atoms with Crippen LogP contribution < -0.4 is 9.47 Å². The van der Waals surface area contributed by atoms with E-state index in [0.29, 0.717) is 18.6 Å². The summed E-state index contributed by atoms with van der Waals surface area (Å²) in [5, 5.41) is 31.6. The van der Waals surface area contributed by atoms with Gasteiger partial charge >= 0.3 is 0 Å². The van der Waals surface area contributed by atoms with Crippen LogP contribution in [0, 0.1) is 0 Å². The van der Waals surface area contributed by atoms with Gasteiger partial charge in [-0.15, -0.1) is 0 Å². The van der Waals surface area contributed by atoms with Gasteiger partial charge in [-0.05, 0) is 18.6 Å². The predicted octanol–water partition coefficient (Wildman–Crippen LogP) is 3.50. The van der Waals surface area contributed by atoms with Crippen LogP contribution in [0.5, 0.6) is 23.0 Å². The molecule has 0 fully saturated rings. The fourth-order valence-corrected chi connectivity index (χ4v) is 3.69. The van der Waals surface area contributed by atoms with Crippen molar-refractivity contribution in [1.29, 1.82) is 0 Å². The quantitative estimate of drug-likeness (QED) is 0.520. The molecule has 1 aliphatic carbocycles. The number of fused-ring (bicyclic) bond motifs is 2. The summed E-state index contributed by atoms with van der Waals surface area (Å²) >= 11 is 0. The number of methoxy groups -OCH3 is 2. The van der Waals surface area contributed by atoms with Crippen molar-refractivity contribution in [3.63, 3.8) is 0 Å². The van der Waals surface area contributed by atoms with Crippen molar-refractivity contribution < 1.29 is 34.4 Å². The van der Waals surface area contributed by atoms with Gasteiger partial charge in [-0.2, -0.15) is 0 Å². The minimum atomic E-state index is -1.16. The van der Waals surface area contributed by atoms with Crippen LogP contribution in [0.25, 0.3) is 0 Å². The number of phenols is 2. The molecule has 2 aromatic carbocycles. The molecule has 0 radical (unpaired) electrons. The Hall–Kier alpha value is -3.06. The summed E-state index contributed by atoms with van der Waals surface area (Å²) in [6.07, 6.45) is 1.67. The number of ether oxygens (including phenoxy) is 2. The fraction of sp³-hybridized carbons (Fsp3) is 0.364. The molecule has 0 saturated heterocycles. The maximum atomic E-state index is 13.2. The molecule has 0 spiro atoms. The molecule has 29 heavy (non-hydrogen) atoms. The molecule has 3 rings (SSSR count). The first-order valence-corrected chi connectivity index (χ1v) is 9.47. The van der Waals surface area contributed by atoms with Gasteiger partial charge in [-0.3, -0.25) is 9.59 Å². The number of hydrogen-bond acceptors (Lipinski definition) is 7. The van der Waals surface area contributed by atoms with Crippen molar-refractivity contribution in [1.82, 2.24) is 0 Å². The summed E-state index contributed by atoms with van der Waals surface area (Å²) in [5.41, 5.74) is -0.436. The predicted molar refractivity (Wildman–Crippen MR) is 105 cm³/mol. The first-order chi connectivity index (χ1) is 13.8. The molecular formula is C22H24O7. The summed E-state index contributed by atoms with van der Waals surface area (Å²) in [4.78, 5) is 26.2. The number of aliphatic hydroxyl groups excluding tert-OH is 1. The summed E-state index contributed by atoms with van der Waals surface area (Å²) in [6.45, 7) is 2.02. The Bertz CT molecular complexity index is 978. The second-order valence-corrected chi connectivity index (χ2v) is 7.00. The highest BCUT2D eigenvalue weighted by molar-refractivity contribution is 6.30. The number of carbonyl (C=O) groups is 2. The molecule has 0 unspecified atom stereocenters. The van der Waals surface area contributed by atoms with Crippen LogP contribution in [-0.4, -0.2) is 41.1 Å². The first-order valence-electron chi connectivity index (χ1n) is 9.47. The van der Waals surface area contributed by atoms with Crippen LogP contribution in [0.1, 0.15) is 76.1 Å². The number of hydrogen-bond donors (Lipinski definition) is 3. The van der Waals surface area contributed by atoms with E-state index in [1.165, 1.54) is 26.4 Å². The van der Waals surface area contributed by atoms with Gasteiger partial charge in [-0.25, -0.2) is 0 Å². The molecule has 0 aliphatic heterocycles. The Kier molecular flexibility index (Phi) is 5.79. The third-order valence-electron chi connectivity index (χ3n) is 5.21. The van der Waals surface area contributed by atoms with Crippen LogP contribution in [0.4, 0.5) is 0 Å². The van der Waals surface area contributed by atoms with E-state index in [9.17, 15) is 24.9 Å². The number of aliphatic hydroxyl groups is 1. The zero-order valence-electron chi connectivity index (χ0n) is 16.6. The SMILES string of the molecule is CCCCC[C@H](O)c1c(O)cc2c(c1O)C(=O)c1c(OC)cc(OC)cc1C2=O. The average molecular weight is 400 g/mol.